The average Bonchev–Trinajstić information content (AvgIpc) is 2.78. The smallest absolute Gasteiger partial charge is 0.147 e. The van der Waals surface area contributed by atoms with Gasteiger partial charge in [0.2, 0.25) is 0 Å². The lowest BCUT2D eigenvalue weighted by Gasteiger charge is -2.32. The topological polar surface area (TPSA) is 29.4 Å². The van der Waals surface area contributed by atoms with Gasteiger partial charge in [0.15, 0.2) is 0 Å². The SMILES string of the molecule is CC(N=CC1C(=O)C2(C)CCC1C2(C)C)c1ccccc1. The van der Waals surface area contributed by atoms with E-state index in [1.54, 1.807) is 0 Å². The first-order valence-electron chi connectivity index (χ1n) is 8.00. The monoisotopic (exact) mass is 283 g/mol. The zero-order chi connectivity index (χ0) is 15.3. The van der Waals surface area contributed by atoms with Crippen molar-refractivity contribution in [3.8, 4) is 0 Å². The Balaban J connectivity index is 1.81. The molecule has 2 fully saturated rings. The predicted molar refractivity (Wildman–Crippen MR) is 86.5 cm³/mol. The quantitative estimate of drug-likeness (QED) is 0.753. The Morgan fingerprint density at radius 3 is 2.48 bits per heavy atom. The van der Waals surface area contributed by atoms with Crippen LogP contribution in [-0.2, 0) is 4.79 Å². The van der Waals surface area contributed by atoms with E-state index in [0.29, 0.717) is 11.7 Å². The van der Waals surface area contributed by atoms with Crippen LogP contribution in [0.4, 0.5) is 0 Å². The van der Waals surface area contributed by atoms with Gasteiger partial charge in [-0.25, -0.2) is 0 Å². The third kappa shape index (κ3) is 1.99. The molecule has 21 heavy (non-hydrogen) atoms. The van der Waals surface area contributed by atoms with E-state index >= 15 is 0 Å². The van der Waals surface area contributed by atoms with Crippen LogP contribution in [0.5, 0.6) is 0 Å². The molecule has 2 bridgehead atoms. The molecule has 2 aliphatic rings. The summed E-state index contributed by atoms with van der Waals surface area (Å²) in [4.78, 5) is 17.5. The minimum Gasteiger partial charge on any atom is -0.298 e. The summed E-state index contributed by atoms with van der Waals surface area (Å²) in [6.07, 6.45) is 4.16. The van der Waals surface area contributed by atoms with E-state index in [-0.39, 0.29) is 22.8 Å². The van der Waals surface area contributed by atoms with Gasteiger partial charge in [-0.1, -0.05) is 51.1 Å². The van der Waals surface area contributed by atoms with Crippen molar-refractivity contribution in [3.05, 3.63) is 35.9 Å². The molecule has 2 aliphatic carbocycles. The summed E-state index contributed by atoms with van der Waals surface area (Å²) < 4.78 is 0. The van der Waals surface area contributed by atoms with Crippen LogP contribution in [0.3, 0.4) is 0 Å². The first kappa shape index (κ1) is 14.5. The summed E-state index contributed by atoms with van der Waals surface area (Å²) in [5.74, 6) is 0.888. The molecule has 0 spiro atoms. The molecule has 2 nitrogen and oxygen atoms in total. The fourth-order valence-corrected chi connectivity index (χ4v) is 4.37. The summed E-state index contributed by atoms with van der Waals surface area (Å²) in [6, 6.07) is 10.4. The van der Waals surface area contributed by atoms with Gasteiger partial charge >= 0.3 is 0 Å². The third-order valence-corrected chi connectivity index (χ3v) is 6.34. The first-order valence-corrected chi connectivity index (χ1v) is 8.00. The number of hydrogen-bond acceptors (Lipinski definition) is 2. The molecule has 1 aromatic rings. The van der Waals surface area contributed by atoms with Gasteiger partial charge < -0.3 is 0 Å². The molecule has 2 heteroatoms. The number of rotatable bonds is 3. The lowest BCUT2D eigenvalue weighted by atomic mass is 9.70. The summed E-state index contributed by atoms with van der Waals surface area (Å²) in [5.41, 5.74) is 1.16. The molecule has 4 atom stereocenters. The Bertz CT molecular complexity index is 574. The molecule has 3 rings (SSSR count). The van der Waals surface area contributed by atoms with Crippen molar-refractivity contribution in [2.45, 2.75) is 46.6 Å². The Hall–Kier alpha value is -1.44. The van der Waals surface area contributed by atoms with E-state index in [2.05, 4.69) is 39.8 Å². The summed E-state index contributed by atoms with van der Waals surface area (Å²) in [6.45, 7) is 8.77. The second kappa shape index (κ2) is 4.79. The molecule has 0 radical (unpaired) electrons. The minimum atomic E-state index is -0.148. The number of ketones is 1. The largest absolute Gasteiger partial charge is 0.298 e. The maximum Gasteiger partial charge on any atom is 0.147 e. The van der Waals surface area contributed by atoms with Gasteiger partial charge in [-0.05, 0) is 36.7 Å². The van der Waals surface area contributed by atoms with Crippen LogP contribution in [0.25, 0.3) is 0 Å². The number of carbonyl (C=O) groups is 1. The molecule has 112 valence electrons. The highest BCUT2D eigenvalue weighted by atomic mass is 16.1. The van der Waals surface area contributed by atoms with Gasteiger partial charge in [-0.3, -0.25) is 9.79 Å². The van der Waals surface area contributed by atoms with Crippen LogP contribution in [0, 0.1) is 22.7 Å². The van der Waals surface area contributed by atoms with E-state index in [4.69, 9.17) is 4.99 Å². The van der Waals surface area contributed by atoms with Crippen LogP contribution in [-0.4, -0.2) is 12.0 Å². The number of nitrogens with zero attached hydrogens (tertiary/aromatic N) is 1. The predicted octanol–water partition coefficient (Wildman–Crippen LogP) is 4.46. The van der Waals surface area contributed by atoms with Gasteiger partial charge in [-0.2, -0.15) is 0 Å². The number of fused-ring (bicyclic) bond motifs is 2. The van der Waals surface area contributed by atoms with Crippen molar-refractivity contribution in [3.63, 3.8) is 0 Å². The number of benzene rings is 1. The standard InChI is InChI=1S/C19H25NO/c1-13(14-8-6-5-7-9-14)20-12-15-16-10-11-19(4,17(15)21)18(16,2)3/h5-9,12-13,15-16H,10-11H2,1-4H3. The molecule has 0 saturated heterocycles. The van der Waals surface area contributed by atoms with Crippen LogP contribution < -0.4 is 0 Å². The van der Waals surface area contributed by atoms with E-state index in [0.717, 1.165) is 12.8 Å². The molecule has 1 aromatic carbocycles. The maximum atomic E-state index is 12.8. The number of hydrogen-bond donors (Lipinski definition) is 0. The van der Waals surface area contributed by atoms with Crippen molar-refractivity contribution in [1.29, 1.82) is 0 Å². The third-order valence-electron chi connectivity index (χ3n) is 6.34. The van der Waals surface area contributed by atoms with Gasteiger partial charge in [0, 0.05) is 11.6 Å². The molecule has 0 amide bonds. The molecule has 0 aromatic heterocycles. The van der Waals surface area contributed by atoms with Gasteiger partial charge in [0.1, 0.15) is 5.78 Å². The van der Waals surface area contributed by atoms with Crippen LogP contribution in [0.1, 0.15) is 52.1 Å². The van der Waals surface area contributed by atoms with Crippen LogP contribution in [0.15, 0.2) is 35.3 Å². The number of carbonyl (C=O) groups excluding carboxylic acids is 1. The minimum absolute atomic E-state index is 0.0184. The maximum absolute atomic E-state index is 12.8. The molecule has 0 aliphatic heterocycles. The zero-order valence-corrected chi connectivity index (χ0v) is 13.5. The van der Waals surface area contributed by atoms with Crippen molar-refractivity contribution < 1.29 is 4.79 Å². The summed E-state index contributed by atoms with van der Waals surface area (Å²) in [7, 11) is 0. The highest BCUT2D eigenvalue weighted by Crippen LogP contribution is 2.65. The lowest BCUT2D eigenvalue weighted by molar-refractivity contribution is -0.129. The highest BCUT2D eigenvalue weighted by Gasteiger charge is 2.65. The van der Waals surface area contributed by atoms with Crippen LogP contribution >= 0.6 is 0 Å². The van der Waals surface area contributed by atoms with Gasteiger partial charge in [-0.15, -0.1) is 0 Å². The fraction of sp³-hybridized carbons (Fsp3) is 0.579. The van der Waals surface area contributed by atoms with E-state index < -0.39 is 0 Å². The highest BCUT2D eigenvalue weighted by molar-refractivity contribution is 6.02. The number of Topliss-reactive ketones (excluding diaryl/α,β-unsaturated/α-hetero) is 1. The summed E-state index contributed by atoms with van der Waals surface area (Å²) in [5, 5.41) is 0. The normalized spacial score (nSPS) is 35.5. The van der Waals surface area contributed by atoms with Crippen molar-refractivity contribution >= 4 is 12.0 Å². The van der Waals surface area contributed by atoms with Gasteiger partial charge in [0.05, 0.1) is 12.0 Å². The Kier molecular flexibility index (Phi) is 3.31. The fourth-order valence-electron chi connectivity index (χ4n) is 4.37. The van der Waals surface area contributed by atoms with E-state index in [9.17, 15) is 4.79 Å². The second-order valence-electron chi connectivity index (χ2n) is 7.47. The lowest BCUT2D eigenvalue weighted by Crippen LogP contribution is -2.33. The molecule has 2 saturated carbocycles. The Labute approximate surface area is 127 Å². The Morgan fingerprint density at radius 1 is 1.24 bits per heavy atom. The summed E-state index contributed by atoms with van der Waals surface area (Å²) >= 11 is 0. The molecule has 0 heterocycles. The zero-order valence-electron chi connectivity index (χ0n) is 13.5. The van der Waals surface area contributed by atoms with E-state index in [1.165, 1.54) is 5.56 Å². The van der Waals surface area contributed by atoms with Crippen LogP contribution in [0.2, 0.25) is 0 Å². The average molecular weight is 283 g/mol. The van der Waals surface area contributed by atoms with E-state index in [1.807, 2.05) is 24.4 Å². The number of aliphatic imine (C=N–C) groups is 1. The molecule has 0 N–H and O–H groups in total. The first-order chi connectivity index (χ1) is 9.88. The molecule has 4 unspecified atom stereocenters. The Morgan fingerprint density at radius 2 is 1.90 bits per heavy atom. The molecular formula is C19H25NO. The molecular weight excluding hydrogens is 258 g/mol. The van der Waals surface area contributed by atoms with Crippen molar-refractivity contribution in [1.82, 2.24) is 0 Å². The second-order valence-corrected chi connectivity index (χ2v) is 7.47. The van der Waals surface area contributed by atoms with Crippen molar-refractivity contribution in [2.75, 3.05) is 0 Å². The van der Waals surface area contributed by atoms with Crippen molar-refractivity contribution in [2.24, 2.45) is 27.7 Å². The van der Waals surface area contributed by atoms with Gasteiger partial charge in [0.25, 0.3) is 0 Å².